The number of nitrogens with zero attached hydrogens (tertiary/aromatic N) is 3. The van der Waals surface area contributed by atoms with E-state index in [1.165, 1.54) is 5.56 Å². The molecule has 2 amide bonds. The second-order valence-electron chi connectivity index (χ2n) is 7.27. The van der Waals surface area contributed by atoms with Crippen LogP contribution in [0.5, 0.6) is 0 Å². The minimum atomic E-state index is 0.0975. The van der Waals surface area contributed by atoms with Crippen LogP contribution < -0.4 is 0 Å². The standard InChI is InChI=1S/C20H27N3O3/c1-14-5-6-17-16(13-26-20(17)15(14)2)11-18(24)23-9-7-22(8-10-23)12-19(25)21(3)4/h5-6,13H,7-12H2,1-4H3. The molecule has 140 valence electrons. The predicted octanol–water partition coefficient (Wildman–Crippen LogP) is 1.82. The van der Waals surface area contributed by atoms with Crippen LogP contribution in [0.4, 0.5) is 0 Å². The van der Waals surface area contributed by atoms with E-state index < -0.39 is 0 Å². The molecule has 2 aromatic rings. The summed E-state index contributed by atoms with van der Waals surface area (Å²) in [5.74, 6) is 0.213. The molecule has 0 aliphatic carbocycles. The van der Waals surface area contributed by atoms with Gasteiger partial charge in [0.1, 0.15) is 5.58 Å². The number of furan rings is 1. The third-order valence-corrected chi connectivity index (χ3v) is 5.27. The molecule has 1 aliphatic heterocycles. The summed E-state index contributed by atoms with van der Waals surface area (Å²) < 4.78 is 5.71. The number of piperazine rings is 1. The van der Waals surface area contributed by atoms with Gasteiger partial charge in [-0.2, -0.15) is 0 Å². The molecular formula is C20H27N3O3. The number of carbonyl (C=O) groups is 2. The Bertz CT molecular complexity index is 817. The molecule has 0 unspecified atom stereocenters. The highest BCUT2D eigenvalue weighted by atomic mass is 16.3. The van der Waals surface area contributed by atoms with Crippen molar-refractivity contribution >= 4 is 22.8 Å². The fraction of sp³-hybridized carbons (Fsp3) is 0.500. The van der Waals surface area contributed by atoms with Crippen molar-refractivity contribution in [1.29, 1.82) is 0 Å². The first-order valence-electron chi connectivity index (χ1n) is 9.03. The molecule has 1 saturated heterocycles. The lowest BCUT2D eigenvalue weighted by atomic mass is 10.0. The lowest BCUT2D eigenvalue weighted by molar-refractivity contribution is -0.133. The molecule has 0 saturated carbocycles. The van der Waals surface area contributed by atoms with E-state index in [2.05, 4.69) is 17.9 Å². The van der Waals surface area contributed by atoms with Gasteiger partial charge in [0, 0.05) is 51.2 Å². The Balaban J connectivity index is 1.60. The van der Waals surface area contributed by atoms with Crippen molar-refractivity contribution in [2.24, 2.45) is 0 Å². The van der Waals surface area contributed by atoms with Gasteiger partial charge in [-0.25, -0.2) is 0 Å². The van der Waals surface area contributed by atoms with Gasteiger partial charge >= 0.3 is 0 Å². The van der Waals surface area contributed by atoms with Gasteiger partial charge in [-0.1, -0.05) is 12.1 Å². The molecule has 1 aromatic heterocycles. The summed E-state index contributed by atoms with van der Waals surface area (Å²) in [5.41, 5.74) is 4.13. The van der Waals surface area contributed by atoms with Gasteiger partial charge in [-0.15, -0.1) is 0 Å². The quantitative estimate of drug-likeness (QED) is 0.838. The summed E-state index contributed by atoms with van der Waals surface area (Å²) in [6.45, 7) is 7.30. The van der Waals surface area contributed by atoms with Gasteiger partial charge in [0.25, 0.3) is 0 Å². The van der Waals surface area contributed by atoms with Crippen molar-refractivity contribution in [2.45, 2.75) is 20.3 Å². The highest BCUT2D eigenvalue weighted by molar-refractivity contribution is 5.89. The normalized spacial score (nSPS) is 15.5. The third kappa shape index (κ3) is 3.75. The van der Waals surface area contributed by atoms with Crippen LogP contribution in [-0.2, 0) is 16.0 Å². The molecule has 1 fully saturated rings. The minimum absolute atomic E-state index is 0.0975. The molecule has 26 heavy (non-hydrogen) atoms. The Morgan fingerprint density at radius 2 is 1.81 bits per heavy atom. The fourth-order valence-corrected chi connectivity index (χ4v) is 3.29. The topological polar surface area (TPSA) is 57.0 Å². The number of hydrogen-bond donors (Lipinski definition) is 0. The molecule has 1 aliphatic rings. The monoisotopic (exact) mass is 357 g/mol. The molecule has 0 atom stereocenters. The highest BCUT2D eigenvalue weighted by Gasteiger charge is 2.24. The first-order chi connectivity index (χ1) is 12.4. The molecule has 3 rings (SSSR count). The maximum absolute atomic E-state index is 12.7. The van der Waals surface area contributed by atoms with Gasteiger partial charge < -0.3 is 14.2 Å². The van der Waals surface area contributed by atoms with Crippen LogP contribution in [0.1, 0.15) is 16.7 Å². The van der Waals surface area contributed by atoms with Gasteiger partial charge in [0.15, 0.2) is 0 Å². The Morgan fingerprint density at radius 1 is 1.12 bits per heavy atom. The molecule has 1 aromatic carbocycles. The van der Waals surface area contributed by atoms with Crippen LogP contribution in [0, 0.1) is 13.8 Å². The van der Waals surface area contributed by atoms with Gasteiger partial charge in [0.2, 0.25) is 11.8 Å². The van der Waals surface area contributed by atoms with Crippen LogP contribution in [-0.4, -0.2) is 73.3 Å². The summed E-state index contributed by atoms with van der Waals surface area (Å²) in [7, 11) is 3.53. The van der Waals surface area contributed by atoms with E-state index in [0.717, 1.165) is 35.2 Å². The third-order valence-electron chi connectivity index (χ3n) is 5.27. The van der Waals surface area contributed by atoms with E-state index in [9.17, 15) is 9.59 Å². The molecular weight excluding hydrogens is 330 g/mol. The van der Waals surface area contributed by atoms with Crippen LogP contribution in [0.2, 0.25) is 0 Å². The van der Waals surface area contributed by atoms with Crippen LogP contribution in [0.3, 0.4) is 0 Å². The zero-order valence-corrected chi connectivity index (χ0v) is 16.0. The van der Waals surface area contributed by atoms with Crippen molar-refractivity contribution in [1.82, 2.24) is 14.7 Å². The number of carbonyl (C=O) groups excluding carboxylic acids is 2. The van der Waals surface area contributed by atoms with Crippen LogP contribution in [0.25, 0.3) is 11.0 Å². The number of fused-ring (bicyclic) bond motifs is 1. The summed E-state index contributed by atoms with van der Waals surface area (Å²) in [6, 6.07) is 4.11. The molecule has 2 heterocycles. The molecule has 0 spiro atoms. The maximum atomic E-state index is 12.7. The summed E-state index contributed by atoms with van der Waals surface area (Å²) in [5, 5.41) is 1.02. The molecule has 6 heteroatoms. The SMILES string of the molecule is Cc1ccc2c(CC(=O)N3CCN(CC(=O)N(C)C)CC3)coc2c1C. The minimum Gasteiger partial charge on any atom is -0.464 e. The van der Waals surface area contributed by atoms with Gasteiger partial charge in [0.05, 0.1) is 19.2 Å². The zero-order chi connectivity index (χ0) is 18.8. The summed E-state index contributed by atoms with van der Waals surface area (Å²) in [6.07, 6.45) is 2.06. The average molecular weight is 357 g/mol. The smallest absolute Gasteiger partial charge is 0.236 e. The zero-order valence-electron chi connectivity index (χ0n) is 16.0. The number of hydrogen-bond acceptors (Lipinski definition) is 4. The molecule has 0 N–H and O–H groups in total. The lowest BCUT2D eigenvalue weighted by Crippen LogP contribution is -2.51. The van der Waals surface area contributed by atoms with E-state index in [1.807, 2.05) is 17.9 Å². The lowest BCUT2D eigenvalue weighted by Gasteiger charge is -2.34. The number of likely N-dealkylation sites (N-methyl/N-ethyl adjacent to an activating group) is 1. The van der Waals surface area contributed by atoms with E-state index in [1.54, 1.807) is 25.3 Å². The van der Waals surface area contributed by atoms with Crippen LogP contribution in [0.15, 0.2) is 22.8 Å². The highest BCUT2D eigenvalue weighted by Crippen LogP contribution is 2.27. The number of rotatable bonds is 4. The molecule has 0 radical (unpaired) electrons. The van der Waals surface area contributed by atoms with Gasteiger partial charge in [-0.05, 0) is 25.0 Å². The fourth-order valence-electron chi connectivity index (χ4n) is 3.29. The second-order valence-corrected chi connectivity index (χ2v) is 7.27. The average Bonchev–Trinajstić information content (AvgIpc) is 3.02. The number of amides is 2. The Hall–Kier alpha value is -2.34. The molecule has 6 nitrogen and oxygen atoms in total. The van der Waals surface area contributed by atoms with Crippen LogP contribution >= 0.6 is 0 Å². The maximum Gasteiger partial charge on any atom is 0.236 e. The number of benzene rings is 1. The van der Waals surface area contributed by atoms with E-state index >= 15 is 0 Å². The Kier molecular flexibility index (Phi) is 5.32. The Morgan fingerprint density at radius 3 is 2.46 bits per heavy atom. The second kappa shape index (κ2) is 7.50. The number of aryl methyl sites for hydroxylation is 2. The van der Waals surface area contributed by atoms with Gasteiger partial charge in [-0.3, -0.25) is 14.5 Å². The summed E-state index contributed by atoms with van der Waals surface area (Å²) in [4.78, 5) is 30.1. The first-order valence-corrected chi connectivity index (χ1v) is 9.03. The predicted molar refractivity (Wildman–Crippen MR) is 101 cm³/mol. The molecule has 0 bridgehead atoms. The van der Waals surface area contributed by atoms with E-state index in [0.29, 0.717) is 26.1 Å². The Labute approximate surface area is 154 Å². The van der Waals surface area contributed by atoms with Crippen molar-refractivity contribution < 1.29 is 14.0 Å². The van der Waals surface area contributed by atoms with E-state index in [4.69, 9.17) is 4.42 Å². The van der Waals surface area contributed by atoms with Crippen molar-refractivity contribution in [2.75, 3.05) is 46.8 Å². The largest absolute Gasteiger partial charge is 0.464 e. The van der Waals surface area contributed by atoms with Crippen molar-refractivity contribution in [3.8, 4) is 0 Å². The van der Waals surface area contributed by atoms with Crippen molar-refractivity contribution in [3.05, 3.63) is 35.1 Å². The first kappa shape index (κ1) is 18.5. The van der Waals surface area contributed by atoms with Crippen molar-refractivity contribution in [3.63, 3.8) is 0 Å². The van der Waals surface area contributed by atoms with E-state index in [-0.39, 0.29) is 11.8 Å². The summed E-state index contributed by atoms with van der Waals surface area (Å²) >= 11 is 0.